The number of nitrogens with two attached hydrogens (primary N) is 1. The van der Waals surface area contributed by atoms with E-state index in [-0.39, 0.29) is 5.56 Å². The summed E-state index contributed by atoms with van der Waals surface area (Å²) < 4.78 is 98.5. The van der Waals surface area contributed by atoms with Gasteiger partial charge in [0.05, 0.1) is 11.0 Å². The highest BCUT2D eigenvalue weighted by molar-refractivity contribution is 7.86. The van der Waals surface area contributed by atoms with Crippen molar-refractivity contribution in [2.75, 3.05) is 0 Å². The quantitative estimate of drug-likeness (QED) is 0.773. The number of benzene rings is 2. The van der Waals surface area contributed by atoms with E-state index in [1.165, 1.54) is 12.1 Å². The Morgan fingerprint density at radius 1 is 1.23 bits per heavy atom. The van der Waals surface area contributed by atoms with Gasteiger partial charge < -0.3 is 14.7 Å². The first-order valence-corrected chi connectivity index (χ1v) is 8.85. The van der Waals surface area contributed by atoms with E-state index in [1.807, 2.05) is 6.92 Å². The van der Waals surface area contributed by atoms with E-state index in [0.717, 1.165) is 5.56 Å². The van der Waals surface area contributed by atoms with Crippen molar-refractivity contribution < 1.29 is 33.1 Å². The van der Waals surface area contributed by atoms with E-state index < -0.39 is 75.1 Å². The normalized spacial score (nSPS) is 25.0. The van der Waals surface area contributed by atoms with Gasteiger partial charge in [-0.15, -0.1) is 0 Å². The first kappa shape index (κ1) is 10.4. The zero-order valence-electron chi connectivity index (χ0n) is 21.5. The van der Waals surface area contributed by atoms with Gasteiger partial charge in [-0.1, -0.05) is 61.4 Å². The highest BCUT2D eigenvalue weighted by Gasteiger charge is 2.39. The lowest BCUT2D eigenvalue weighted by Crippen LogP contribution is -2.16. The van der Waals surface area contributed by atoms with Crippen LogP contribution in [0, 0.1) is 0 Å². The SMILES string of the molecule is [2H]c1c([2H])c([2H])c(C([2H])([2H])S(=O)(=O)OC2=C(N)OC([2H])(c3ccc(CC)cc3)C2=O)c([2H])c1[2H]. The lowest BCUT2D eigenvalue weighted by Gasteiger charge is -2.10. The van der Waals surface area contributed by atoms with Gasteiger partial charge in [0.25, 0.3) is 0 Å². The number of rotatable bonds is 6. The molecule has 0 saturated carbocycles. The molecule has 1 unspecified atom stereocenters. The van der Waals surface area contributed by atoms with E-state index in [4.69, 9.17) is 21.4 Å². The molecule has 0 fully saturated rings. The van der Waals surface area contributed by atoms with Crippen LogP contribution in [0.3, 0.4) is 0 Å². The standard InChI is InChI=1S/C19H19NO5S/c1-2-13-8-10-15(11-9-13)17-16(21)18(19(20)24-17)25-26(22,23)12-14-6-4-3-5-7-14/h3-11,17H,2,12,20H2,1H3/i3D,4D,5D,6D,7D,12D2,17D. The molecule has 2 aromatic carbocycles. The second-order valence-electron chi connectivity index (χ2n) is 5.14. The zero-order valence-corrected chi connectivity index (χ0v) is 14.4. The Hall–Kier alpha value is -2.80. The Balaban J connectivity index is 2.02. The molecule has 26 heavy (non-hydrogen) atoms. The van der Waals surface area contributed by atoms with Crippen LogP contribution in [0.15, 0.2) is 66.1 Å². The number of ether oxygens (including phenoxy) is 1. The molecule has 0 saturated heterocycles. The maximum atomic E-state index is 12.9. The number of carbonyl (C=O) groups excluding carboxylic acids is 1. The van der Waals surface area contributed by atoms with Crippen molar-refractivity contribution in [1.82, 2.24) is 0 Å². The smallest absolute Gasteiger partial charge is 0.313 e. The molecule has 0 spiro atoms. The van der Waals surface area contributed by atoms with Gasteiger partial charge in [-0.25, -0.2) is 0 Å². The van der Waals surface area contributed by atoms with Crippen molar-refractivity contribution in [3.05, 3.63) is 82.8 Å². The second kappa shape index (κ2) is 7.21. The minimum Gasteiger partial charge on any atom is -0.460 e. The monoisotopic (exact) mass is 381 g/mol. The van der Waals surface area contributed by atoms with Gasteiger partial charge in [-0.05, 0) is 17.5 Å². The Bertz CT molecular complexity index is 1300. The Morgan fingerprint density at radius 2 is 1.88 bits per heavy atom. The fraction of sp³-hybridized carbons (Fsp3) is 0.211. The molecule has 6 nitrogen and oxygen atoms in total. The van der Waals surface area contributed by atoms with Gasteiger partial charge >= 0.3 is 10.1 Å². The first-order chi connectivity index (χ1) is 15.6. The van der Waals surface area contributed by atoms with E-state index >= 15 is 0 Å². The summed E-state index contributed by atoms with van der Waals surface area (Å²) in [6.45, 7) is 1.89. The molecule has 0 aromatic heterocycles. The lowest BCUT2D eigenvalue weighted by molar-refractivity contribution is -0.123. The maximum absolute atomic E-state index is 12.9. The van der Waals surface area contributed by atoms with Crippen LogP contribution >= 0.6 is 0 Å². The van der Waals surface area contributed by atoms with Gasteiger partial charge in [0.15, 0.2) is 6.08 Å². The van der Waals surface area contributed by atoms with Gasteiger partial charge in [0, 0.05) is 5.56 Å². The third-order valence-electron chi connectivity index (χ3n) is 3.39. The molecule has 3 rings (SSSR count). The molecule has 1 aliphatic rings. The van der Waals surface area contributed by atoms with Crippen LogP contribution in [-0.4, -0.2) is 14.2 Å². The Morgan fingerprint density at radius 3 is 2.50 bits per heavy atom. The minimum atomic E-state index is -5.55. The largest absolute Gasteiger partial charge is 0.460 e. The van der Waals surface area contributed by atoms with Crippen LogP contribution in [0.2, 0.25) is 0 Å². The van der Waals surface area contributed by atoms with Crippen LogP contribution in [0.4, 0.5) is 0 Å². The van der Waals surface area contributed by atoms with Crippen LogP contribution < -0.4 is 5.73 Å². The first-order valence-electron chi connectivity index (χ1n) is 11.4. The summed E-state index contributed by atoms with van der Waals surface area (Å²) in [5, 5.41) is 0. The predicted octanol–water partition coefficient (Wildman–Crippen LogP) is 2.56. The summed E-state index contributed by atoms with van der Waals surface area (Å²) >= 11 is 0. The second-order valence-corrected chi connectivity index (χ2v) is 6.42. The molecular weight excluding hydrogens is 354 g/mol. The maximum Gasteiger partial charge on any atom is 0.313 e. The van der Waals surface area contributed by atoms with Crippen molar-refractivity contribution in [1.29, 1.82) is 0 Å². The molecule has 0 radical (unpaired) electrons. The fourth-order valence-electron chi connectivity index (χ4n) is 2.13. The molecule has 0 amide bonds. The summed E-state index contributed by atoms with van der Waals surface area (Å²) in [5.74, 6) is -3.37. The van der Waals surface area contributed by atoms with Crippen molar-refractivity contribution in [2.24, 2.45) is 5.73 Å². The Labute approximate surface area is 163 Å². The topological polar surface area (TPSA) is 95.7 Å². The van der Waals surface area contributed by atoms with Crippen LogP contribution in [0.5, 0.6) is 0 Å². The molecule has 0 bridgehead atoms. The van der Waals surface area contributed by atoms with E-state index in [9.17, 15) is 13.2 Å². The summed E-state index contributed by atoms with van der Waals surface area (Å²) in [4.78, 5) is 12.9. The summed E-state index contributed by atoms with van der Waals surface area (Å²) in [5.41, 5.74) is 1.59. The van der Waals surface area contributed by atoms with Crippen molar-refractivity contribution >= 4 is 15.9 Å². The van der Waals surface area contributed by atoms with Gasteiger partial charge in [-0.3, -0.25) is 4.79 Å². The number of hydrogen-bond acceptors (Lipinski definition) is 6. The molecule has 1 heterocycles. The summed E-state index contributed by atoms with van der Waals surface area (Å²) in [6, 6.07) is 1.10. The molecule has 1 aliphatic heterocycles. The molecule has 0 aliphatic carbocycles. The van der Waals surface area contributed by atoms with Gasteiger partial charge in [0.1, 0.15) is 5.70 Å². The summed E-state index contributed by atoms with van der Waals surface area (Å²) in [6.07, 6.45) is -1.82. The minimum absolute atomic E-state index is 0.0160. The lowest BCUT2D eigenvalue weighted by atomic mass is 10.0. The Kier molecular flexibility index (Phi) is 2.88. The third kappa shape index (κ3) is 3.88. The highest BCUT2D eigenvalue weighted by Crippen LogP contribution is 2.32. The molecule has 1 atom stereocenters. The number of Topliss-reactive ketones (excluding diaryl/α,β-unsaturated/α-hetero) is 1. The molecular formula is C19H19NO5S. The predicted molar refractivity (Wildman–Crippen MR) is 96.0 cm³/mol. The van der Waals surface area contributed by atoms with E-state index in [1.54, 1.807) is 12.1 Å². The zero-order chi connectivity index (χ0) is 25.8. The number of carbonyl (C=O) groups is 1. The molecule has 136 valence electrons. The van der Waals surface area contributed by atoms with Crippen LogP contribution in [0.25, 0.3) is 0 Å². The number of aryl methyl sites for hydroxylation is 1. The molecule has 2 N–H and O–H groups in total. The average Bonchev–Trinajstić information content (AvgIpc) is 2.99. The molecule has 7 heteroatoms. The van der Waals surface area contributed by atoms with Gasteiger partial charge in [0.2, 0.25) is 17.4 Å². The third-order valence-corrected chi connectivity index (χ3v) is 4.23. The average molecular weight is 381 g/mol. The van der Waals surface area contributed by atoms with Gasteiger partial charge in [-0.2, -0.15) is 8.42 Å². The number of ketones is 1. The highest BCUT2D eigenvalue weighted by atomic mass is 32.2. The summed E-state index contributed by atoms with van der Waals surface area (Å²) in [7, 11) is -5.55. The van der Waals surface area contributed by atoms with E-state index in [2.05, 4.69) is 4.18 Å². The van der Waals surface area contributed by atoms with Crippen molar-refractivity contribution in [3.8, 4) is 0 Å². The van der Waals surface area contributed by atoms with Crippen molar-refractivity contribution in [3.63, 3.8) is 0 Å². The van der Waals surface area contributed by atoms with Crippen LogP contribution in [0.1, 0.15) is 40.7 Å². The van der Waals surface area contributed by atoms with Crippen LogP contribution in [-0.2, 0) is 36.0 Å². The fourth-order valence-corrected chi connectivity index (χ4v) is 2.91. The van der Waals surface area contributed by atoms with E-state index in [0.29, 0.717) is 6.42 Å². The van der Waals surface area contributed by atoms with Crippen molar-refractivity contribution in [2.45, 2.75) is 25.1 Å². The number of hydrogen-bond donors (Lipinski definition) is 1. The molecule has 2 aromatic rings.